The quantitative estimate of drug-likeness (QED) is 0.232. The normalized spacial score (nSPS) is 10.3. The molecular formula is C15H25BrO4. The van der Waals surface area contributed by atoms with Crippen molar-refractivity contribution >= 4 is 33.7 Å². The molecule has 0 N–H and O–H groups in total. The maximum atomic E-state index is 11.3. The summed E-state index contributed by atoms with van der Waals surface area (Å²) in [5.74, 6) is -1.55. The number of halogens is 1. The maximum Gasteiger partial charge on any atom is 0.320 e. The van der Waals surface area contributed by atoms with E-state index in [0.717, 1.165) is 24.6 Å². The van der Waals surface area contributed by atoms with Gasteiger partial charge in [-0.3, -0.25) is 14.4 Å². The summed E-state index contributed by atoms with van der Waals surface area (Å²) in [6.07, 6.45) is 9.00. The fourth-order valence-electron chi connectivity index (χ4n) is 1.84. The van der Waals surface area contributed by atoms with Crippen LogP contribution < -0.4 is 0 Å². The minimum atomic E-state index is -0.741. The second-order valence-corrected chi connectivity index (χ2v) is 5.79. The van der Waals surface area contributed by atoms with Gasteiger partial charge in [-0.1, -0.05) is 54.5 Å². The van der Waals surface area contributed by atoms with Gasteiger partial charge in [-0.25, -0.2) is 0 Å². The zero-order valence-corrected chi connectivity index (χ0v) is 13.9. The third-order valence-electron chi connectivity index (χ3n) is 2.89. The van der Waals surface area contributed by atoms with E-state index in [9.17, 15) is 14.4 Å². The molecule has 4 nitrogen and oxygen atoms in total. The second kappa shape index (κ2) is 13.3. The van der Waals surface area contributed by atoms with Crippen molar-refractivity contribution in [1.29, 1.82) is 0 Å². The highest BCUT2D eigenvalue weighted by atomic mass is 79.9. The molecule has 0 aromatic rings. The molecule has 0 amide bonds. The lowest BCUT2D eigenvalue weighted by atomic mass is 10.1. The summed E-state index contributed by atoms with van der Waals surface area (Å²) in [5, 5.41) is 1.08. The molecule has 0 spiro atoms. The van der Waals surface area contributed by atoms with E-state index in [1.807, 2.05) is 0 Å². The van der Waals surface area contributed by atoms with Gasteiger partial charge in [-0.2, -0.15) is 0 Å². The van der Waals surface area contributed by atoms with Crippen LogP contribution >= 0.6 is 15.9 Å². The number of hydrogen-bond donors (Lipinski definition) is 0. The molecule has 0 bridgehead atoms. The van der Waals surface area contributed by atoms with Gasteiger partial charge in [0.2, 0.25) is 0 Å². The summed E-state index contributed by atoms with van der Waals surface area (Å²) in [6.45, 7) is 1.30. The molecule has 0 fully saturated rings. The number of alkyl halides is 1. The first kappa shape index (κ1) is 19.3. The van der Waals surface area contributed by atoms with Crippen molar-refractivity contribution in [3.05, 3.63) is 0 Å². The van der Waals surface area contributed by atoms with Crippen LogP contribution in [-0.2, 0) is 19.1 Å². The third kappa shape index (κ3) is 13.7. The lowest BCUT2D eigenvalue weighted by Crippen LogP contribution is -2.14. The van der Waals surface area contributed by atoms with Gasteiger partial charge < -0.3 is 4.74 Å². The highest BCUT2D eigenvalue weighted by Gasteiger charge is 2.11. The Morgan fingerprint density at radius 1 is 0.800 bits per heavy atom. The lowest BCUT2D eigenvalue weighted by Gasteiger charge is -2.03. The first-order valence-corrected chi connectivity index (χ1v) is 8.47. The molecule has 5 heteroatoms. The van der Waals surface area contributed by atoms with Gasteiger partial charge in [0, 0.05) is 11.8 Å². The topological polar surface area (TPSA) is 60.4 Å². The van der Waals surface area contributed by atoms with E-state index in [-0.39, 0.29) is 18.6 Å². The SMILES string of the molecule is CC(=O)CC(=O)OC(=O)CCCCCCCCCCBr. The number of rotatable bonds is 12. The van der Waals surface area contributed by atoms with E-state index in [4.69, 9.17) is 0 Å². The summed E-state index contributed by atoms with van der Waals surface area (Å²) in [4.78, 5) is 33.0. The highest BCUT2D eigenvalue weighted by Crippen LogP contribution is 2.10. The number of hydrogen-bond acceptors (Lipinski definition) is 4. The zero-order chi connectivity index (χ0) is 15.2. The van der Waals surface area contributed by atoms with Crippen molar-refractivity contribution in [1.82, 2.24) is 0 Å². The Bertz CT molecular complexity index is 302. The molecule has 0 aromatic carbocycles. The molecule has 0 aliphatic heterocycles. The van der Waals surface area contributed by atoms with E-state index in [2.05, 4.69) is 20.7 Å². The average Bonchev–Trinajstić information content (AvgIpc) is 2.35. The standard InChI is InChI=1S/C15H25BrO4/c1-13(17)12-15(19)20-14(18)10-8-6-4-2-3-5-7-9-11-16/h2-12H2,1H3. The van der Waals surface area contributed by atoms with E-state index in [0.29, 0.717) is 0 Å². The van der Waals surface area contributed by atoms with E-state index in [1.165, 1.54) is 39.0 Å². The molecule has 0 saturated carbocycles. The fourth-order valence-corrected chi connectivity index (χ4v) is 2.24. The Morgan fingerprint density at radius 2 is 1.30 bits per heavy atom. The molecule has 0 aliphatic rings. The van der Waals surface area contributed by atoms with Crippen molar-refractivity contribution in [2.75, 3.05) is 5.33 Å². The van der Waals surface area contributed by atoms with Crippen LogP contribution in [0, 0.1) is 0 Å². The molecule has 0 aromatic heterocycles. The summed E-state index contributed by atoms with van der Waals surface area (Å²) >= 11 is 3.41. The van der Waals surface area contributed by atoms with Gasteiger partial charge in [0.05, 0.1) is 0 Å². The second-order valence-electron chi connectivity index (χ2n) is 4.99. The fraction of sp³-hybridized carbons (Fsp3) is 0.800. The largest absolute Gasteiger partial charge is 0.393 e. The molecule has 20 heavy (non-hydrogen) atoms. The Hall–Kier alpha value is -0.710. The van der Waals surface area contributed by atoms with E-state index in [1.54, 1.807) is 0 Å². The summed E-state index contributed by atoms with van der Waals surface area (Å²) < 4.78 is 4.53. The van der Waals surface area contributed by atoms with Gasteiger partial charge in [-0.15, -0.1) is 0 Å². The Kier molecular flexibility index (Phi) is 12.8. The van der Waals surface area contributed by atoms with Crippen LogP contribution in [0.5, 0.6) is 0 Å². The molecule has 0 aliphatic carbocycles. The van der Waals surface area contributed by atoms with Crippen LogP contribution in [0.15, 0.2) is 0 Å². The molecule has 116 valence electrons. The number of ketones is 1. The van der Waals surface area contributed by atoms with Crippen molar-refractivity contribution in [3.8, 4) is 0 Å². The van der Waals surface area contributed by atoms with Crippen molar-refractivity contribution in [2.24, 2.45) is 0 Å². The van der Waals surface area contributed by atoms with Crippen LogP contribution in [0.2, 0.25) is 0 Å². The molecular weight excluding hydrogens is 324 g/mol. The number of carbonyl (C=O) groups excluding carboxylic acids is 3. The number of Topliss-reactive ketones (excluding diaryl/α,β-unsaturated/α-hetero) is 1. The summed E-state index contributed by atoms with van der Waals surface area (Å²) in [7, 11) is 0. The Labute approximate surface area is 129 Å². The van der Waals surface area contributed by atoms with Crippen LogP contribution in [0.1, 0.15) is 71.1 Å². The predicted molar refractivity (Wildman–Crippen MR) is 81.7 cm³/mol. The Balaban J connectivity index is 3.35. The van der Waals surface area contributed by atoms with Crippen LogP contribution in [-0.4, -0.2) is 23.1 Å². The van der Waals surface area contributed by atoms with Crippen LogP contribution in [0.3, 0.4) is 0 Å². The number of carbonyl (C=O) groups is 3. The molecule has 0 saturated heterocycles. The van der Waals surface area contributed by atoms with Crippen LogP contribution in [0.4, 0.5) is 0 Å². The van der Waals surface area contributed by atoms with Gasteiger partial charge in [0.1, 0.15) is 12.2 Å². The maximum absolute atomic E-state index is 11.3. The monoisotopic (exact) mass is 348 g/mol. The molecule has 0 atom stereocenters. The number of unbranched alkanes of at least 4 members (excludes halogenated alkanes) is 7. The summed E-state index contributed by atoms with van der Waals surface area (Å²) in [5.41, 5.74) is 0. The first-order chi connectivity index (χ1) is 9.56. The third-order valence-corrected chi connectivity index (χ3v) is 3.45. The Morgan fingerprint density at radius 3 is 1.80 bits per heavy atom. The van der Waals surface area contributed by atoms with Gasteiger partial charge in [0.25, 0.3) is 0 Å². The van der Waals surface area contributed by atoms with E-state index < -0.39 is 11.9 Å². The molecule has 0 rings (SSSR count). The van der Waals surface area contributed by atoms with Crippen molar-refractivity contribution in [2.45, 2.75) is 71.1 Å². The van der Waals surface area contributed by atoms with Gasteiger partial charge in [-0.05, 0) is 19.8 Å². The minimum absolute atomic E-state index is 0.257. The number of ether oxygens (including phenoxy) is 1. The smallest absolute Gasteiger partial charge is 0.320 e. The first-order valence-electron chi connectivity index (χ1n) is 7.35. The summed E-state index contributed by atoms with van der Waals surface area (Å²) in [6, 6.07) is 0. The lowest BCUT2D eigenvalue weighted by molar-refractivity contribution is -0.160. The van der Waals surface area contributed by atoms with Crippen molar-refractivity contribution < 1.29 is 19.1 Å². The van der Waals surface area contributed by atoms with Crippen LogP contribution in [0.25, 0.3) is 0 Å². The van der Waals surface area contributed by atoms with Gasteiger partial charge >= 0.3 is 11.9 Å². The highest BCUT2D eigenvalue weighted by molar-refractivity contribution is 9.09. The molecule has 0 heterocycles. The number of esters is 2. The van der Waals surface area contributed by atoms with Gasteiger partial charge in [0.15, 0.2) is 0 Å². The molecule has 0 radical (unpaired) electrons. The molecule has 0 unspecified atom stereocenters. The van der Waals surface area contributed by atoms with E-state index >= 15 is 0 Å². The minimum Gasteiger partial charge on any atom is -0.393 e. The van der Waals surface area contributed by atoms with Crippen molar-refractivity contribution in [3.63, 3.8) is 0 Å². The zero-order valence-electron chi connectivity index (χ0n) is 12.3. The average molecular weight is 349 g/mol. The predicted octanol–water partition coefficient (Wildman–Crippen LogP) is 3.94.